The monoisotopic (exact) mass is 386 g/mol. The summed E-state index contributed by atoms with van der Waals surface area (Å²) in [5, 5.41) is 2.14. The molecule has 7 heteroatoms. The molecule has 0 saturated carbocycles. The lowest BCUT2D eigenvalue weighted by Gasteiger charge is -2.18. The summed E-state index contributed by atoms with van der Waals surface area (Å²) in [7, 11) is 2.87. The Morgan fingerprint density at radius 1 is 1.11 bits per heavy atom. The van der Waals surface area contributed by atoms with E-state index in [1.54, 1.807) is 31.4 Å². The molecule has 3 rings (SSSR count). The van der Waals surface area contributed by atoms with Crippen molar-refractivity contribution in [3.05, 3.63) is 64.3 Å². The number of amides is 2. The van der Waals surface area contributed by atoms with E-state index in [1.165, 1.54) is 7.11 Å². The number of hydroxylamine groups is 2. The number of imide groups is 1. The molecular weight excluding hydrogens is 368 g/mol. The number of aromatic amines is 1. The summed E-state index contributed by atoms with van der Waals surface area (Å²) >= 11 is 5.85. The molecule has 6 nitrogen and oxygen atoms in total. The summed E-state index contributed by atoms with van der Waals surface area (Å²) in [5.41, 5.74) is 2.84. The largest absolute Gasteiger partial charge is 0.497 e. The number of fused-ring (bicyclic) bond motifs is 1. The number of methoxy groups -OCH3 is 1. The van der Waals surface area contributed by atoms with E-state index in [0.29, 0.717) is 16.3 Å². The number of nitrogens with one attached hydrogen (secondary N) is 1. The Bertz CT molecular complexity index is 995. The summed E-state index contributed by atoms with van der Waals surface area (Å²) < 4.78 is 5.27. The lowest BCUT2D eigenvalue weighted by Crippen LogP contribution is -2.37. The standard InChI is InChI=1S/C20H19ClN2O4/c1-12-16(17-10-15(26-2)8-9-18(17)22-12)11-19(24)23(27-3)20(25)13-4-6-14(21)7-5-13/h4-10,22H,11H2,1-3H3. The Balaban J connectivity index is 1.89. The van der Waals surface area contributed by atoms with Gasteiger partial charge in [0.2, 0.25) is 0 Å². The number of carbonyl (C=O) groups excluding carboxylic acids is 2. The molecule has 1 N–H and O–H groups in total. The third kappa shape index (κ3) is 3.82. The summed E-state index contributed by atoms with van der Waals surface area (Å²) in [4.78, 5) is 33.7. The highest BCUT2D eigenvalue weighted by molar-refractivity contribution is 6.30. The molecular formula is C20H19ClN2O4. The van der Waals surface area contributed by atoms with Crippen LogP contribution in [0.2, 0.25) is 5.02 Å². The van der Waals surface area contributed by atoms with Crippen LogP contribution in [0.3, 0.4) is 0 Å². The highest BCUT2D eigenvalue weighted by atomic mass is 35.5. The minimum Gasteiger partial charge on any atom is -0.497 e. The normalized spacial score (nSPS) is 10.8. The fourth-order valence-corrected chi connectivity index (χ4v) is 3.07. The number of benzene rings is 2. The van der Waals surface area contributed by atoms with Crippen LogP contribution in [0.4, 0.5) is 0 Å². The first-order valence-electron chi connectivity index (χ1n) is 8.26. The number of hydrogen-bond donors (Lipinski definition) is 1. The number of ether oxygens (including phenoxy) is 1. The van der Waals surface area contributed by atoms with Crippen LogP contribution < -0.4 is 4.74 Å². The number of aryl methyl sites for hydroxylation is 1. The SMILES string of the molecule is COc1ccc2[nH]c(C)c(CC(=O)N(OC)C(=O)c3ccc(Cl)cc3)c2c1. The van der Waals surface area contributed by atoms with Gasteiger partial charge in [-0.1, -0.05) is 11.6 Å². The van der Waals surface area contributed by atoms with Crippen molar-refractivity contribution >= 4 is 34.3 Å². The molecule has 0 fully saturated rings. The Morgan fingerprint density at radius 3 is 2.44 bits per heavy atom. The van der Waals surface area contributed by atoms with Gasteiger partial charge >= 0.3 is 0 Å². The summed E-state index contributed by atoms with van der Waals surface area (Å²) in [6.45, 7) is 1.88. The second-order valence-electron chi connectivity index (χ2n) is 6.00. The summed E-state index contributed by atoms with van der Waals surface area (Å²) in [5.74, 6) is -0.324. The minimum absolute atomic E-state index is 0.00612. The number of carbonyl (C=O) groups is 2. The number of nitrogens with zero attached hydrogens (tertiary/aromatic N) is 1. The number of hydrogen-bond acceptors (Lipinski definition) is 4. The molecule has 0 saturated heterocycles. The van der Waals surface area contributed by atoms with E-state index >= 15 is 0 Å². The smallest absolute Gasteiger partial charge is 0.284 e. The Hall–Kier alpha value is -2.83. The Morgan fingerprint density at radius 2 is 1.81 bits per heavy atom. The van der Waals surface area contributed by atoms with Crippen molar-refractivity contribution in [2.45, 2.75) is 13.3 Å². The van der Waals surface area contributed by atoms with Crippen LogP contribution in [0.5, 0.6) is 5.75 Å². The van der Waals surface area contributed by atoms with Crippen LogP contribution in [0.15, 0.2) is 42.5 Å². The first-order valence-corrected chi connectivity index (χ1v) is 8.64. The quantitative estimate of drug-likeness (QED) is 0.675. The highest BCUT2D eigenvalue weighted by Crippen LogP contribution is 2.27. The van der Waals surface area contributed by atoms with Gasteiger partial charge in [0.05, 0.1) is 20.6 Å². The summed E-state index contributed by atoms with van der Waals surface area (Å²) in [6, 6.07) is 11.9. The fourth-order valence-electron chi connectivity index (χ4n) is 2.95. The van der Waals surface area contributed by atoms with Crippen LogP contribution in [-0.2, 0) is 16.1 Å². The zero-order valence-corrected chi connectivity index (χ0v) is 16.0. The van der Waals surface area contributed by atoms with E-state index in [1.807, 2.05) is 25.1 Å². The zero-order valence-electron chi connectivity index (χ0n) is 15.2. The highest BCUT2D eigenvalue weighted by Gasteiger charge is 2.25. The van der Waals surface area contributed by atoms with Crippen molar-refractivity contribution in [1.82, 2.24) is 10.0 Å². The molecule has 3 aromatic rings. The van der Waals surface area contributed by atoms with Crippen LogP contribution in [0.25, 0.3) is 10.9 Å². The first kappa shape index (κ1) is 18.9. The molecule has 0 aliphatic heterocycles. The van der Waals surface area contributed by atoms with Gasteiger partial charge in [-0.3, -0.25) is 14.4 Å². The predicted octanol–water partition coefficient (Wildman–Crippen LogP) is 3.91. The zero-order chi connectivity index (χ0) is 19.6. The van der Waals surface area contributed by atoms with E-state index < -0.39 is 11.8 Å². The number of halogens is 1. The molecule has 0 unspecified atom stereocenters. The van der Waals surface area contributed by atoms with Gasteiger partial charge in [0.15, 0.2) is 0 Å². The molecule has 0 aliphatic carbocycles. The molecule has 140 valence electrons. The predicted molar refractivity (Wildman–Crippen MR) is 103 cm³/mol. The van der Waals surface area contributed by atoms with Gasteiger partial charge in [0.25, 0.3) is 11.8 Å². The maximum absolute atomic E-state index is 12.8. The van der Waals surface area contributed by atoms with Crippen molar-refractivity contribution in [2.24, 2.45) is 0 Å². The van der Waals surface area contributed by atoms with Gasteiger partial charge in [0.1, 0.15) is 5.75 Å². The van der Waals surface area contributed by atoms with Crippen molar-refractivity contribution in [3.8, 4) is 5.75 Å². The van der Waals surface area contributed by atoms with Crippen LogP contribution in [0, 0.1) is 6.92 Å². The topological polar surface area (TPSA) is 71.6 Å². The average Bonchev–Trinajstić information content (AvgIpc) is 2.97. The van der Waals surface area contributed by atoms with E-state index in [0.717, 1.165) is 27.2 Å². The number of aromatic nitrogens is 1. The molecule has 2 amide bonds. The lowest BCUT2D eigenvalue weighted by molar-refractivity contribution is -0.160. The second-order valence-corrected chi connectivity index (χ2v) is 6.44. The van der Waals surface area contributed by atoms with Gasteiger partial charge in [-0.2, -0.15) is 0 Å². The van der Waals surface area contributed by atoms with Crippen molar-refractivity contribution in [3.63, 3.8) is 0 Å². The molecule has 0 radical (unpaired) electrons. The third-order valence-corrected chi connectivity index (χ3v) is 4.59. The van der Waals surface area contributed by atoms with Crippen LogP contribution >= 0.6 is 11.6 Å². The van der Waals surface area contributed by atoms with Gasteiger partial charge < -0.3 is 9.72 Å². The summed E-state index contributed by atoms with van der Waals surface area (Å²) in [6.07, 6.45) is 0.00612. The molecule has 27 heavy (non-hydrogen) atoms. The molecule has 0 bridgehead atoms. The van der Waals surface area contributed by atoms with E-state index in [9.17, 15) is 9.59 Å². The average molecular weight is 387 g/mol. The lowest BCUT2D eigenvalue weighted by atomic mass is 10.1. The molecule has 1 aromatic heterocycles. The maximum Gasteiger partial charge on any atom is 0.284 e. The Kier molecular flexibility index (Phi) is 5.48. The van der Waals surface area contributed by atoms with E-state index in [-0.39, 0.29) is 6.42 Å². The van der Waals surface area contributed by atoms with Gasteiger partial charge in [-0.15, -0.1) is 5.06 Å². The molecule has 1 heterocycles. The molecule has 0 spiro atoms. The van der Waals surface area contributed by atoms with Gasteiger partial charge in [-0.05, 0) is 55.0 Å². The first-order chi connectivity index (χ1) is 12.9. The van der Waals surface area contributed by atoms with Gasteiger partial charge in [0, 0.05) is 27.2 Å². The van der Waals surface area contributed by atoms with Gasteiger partial charge in [-0.25, -0.2) is 0 Å². The molecule has 0 atom stereocenters. The number of rotatable bonds is 5. The van der Waals surface area contributed by atoms with Crippen LogP contribution in [0.1, 0.15) is 21.6 Å². The third-order valence-electron chi connectivity index (χ3n) is 4.34. The van der Waals surface area contributed by atoms with Crippen LogP contribution in [-0.4, -0.2) is 36.1 Å². The fraction of sp³-hybridized carbons (Fsp3) is 0.200. The molecule has 2 aromatic carbocycles. The van der Waals surface area contributed by atoms with Crippen molar-refractivity contribution < 1.29 is 19.2 Å². The van der Waals surface area contributed by atoms with Crippen molar-refractivity contribution in [2.75, 3.05) is 14.2 Å². The van der Waals surface area contributed by atoms with E-state index in [2.05, 4.69) is 4.98 Å². The Labute approximate surface area is 161 Å². The minimum atomic E-state index is -0.547. The maximum atomic E-state index is 12.8. The second kappa shape index (κ2) is 7.82. The van der Waals surface area contributed by atoms with Crippen molar-refractivity contribution in [1.29, 1.82) is 0 Å². The van der Waals surface area contributed by atoms with E-state index in [4.69, 9.17) is 21.2 Å². The molecule has 0 aliphatic rings. The number of H-pyrrole nitrogens is 1.